The Hall–Kier alpha value is -4.04. The summed E-state index contributed by atoms with van der Waals surface area (Å²) in [6, 6.07) is 27.6. The highest BCUT2D eigenvalue weighted by Crippen LogP contribution is 2.46. The number of fused-ring (bicyclic) bond motifs is 1. The van der Waals surface area contributed by atoms with E-state index in [1.54, 1.807) is 28.8 Å². The zero-order valence-electron chi connectivity index (χ0n) is 22.6. The molecule has 8 heteroatoms. The molecule has 3 aliphatic rings. The largest absolute Gasteiger partial charge is 0.484 e. The number of hydrogen-bond donors (Lipinski definition) is 1. The molecule has 1 N–H and O–H groups in total. The van der Waals surface area contributed by atoms with Crippen molar-refractivity contribution in [2.75, 3.05) is 12.4 Å². The molecule has 0 radical (unpaired) electrons. The number of rotatable bonds is 9. The summed E-state index contributed by atoms with van der Waals surface area (Å²) in [5, 5.41) is 2.45. The van der Waals surface area contributed by atoms with E-state index < -0.39 is 18.1 Å². The Morgan fingerprint density at radius 3 is 2.07 bits per heavy atom. The Labute approximate surface area is 243 Å². The number of nitrogens with zero attached hydrogens (tertiary/aromatic N) is 1. The van der Waals surface area contributed by atoms with E-state index in [9.17, 15) is 14.4 Å². The van der Waals surface area contributed by atoms with E-state index in [0.29, 0.717) is 17.2 Å². The Bertz CT molecular complexity index is 1380. The molecule has 0 aromatic heterocycles. The summed E-state index contributed by atoms with van der Waals surface area (Å²) in [4.78, 5) is 41.8. The van der Waals surface area contributed by atoms with Crippen molar-refractivity contribution in [3.8, 4) is 5.75 Å². The minimum Gasteiger partial charge on any atom is -0.484 e. The number of carbonyl (C=O) groups excluding carboxylic acids is 3. The molecule has 210 valence electrons. The highest BCUT2D eigenvalue weighted by Gasteiger charge is 2.55. The summed E-state index contributed by atoms with van der Waals surface area (Å²) in [6.07, 6.45) is 3.59. The van der Waals surface area contributed by atoms with Crippen molar-refractivity contribution < 1.29 is 23.9 Å². The zero-order chi connectivity index (χ0) is 28.2. The van der Waals surface area contributed by atoms with Gasteiger partial charge in [0.25, 0.3) is 11.8 Å². The SMILES string of the molecule is O=C(COc1ccccc1)NC1C(=O)N2C(C(=O)OC(c3ccccc3)c3ccccc3)=C(C3CCCC3)CS[C@@H]12. The number of β-lactam (4-membered cyclic amide) rings is 1. The lowest BCUT2D eigenvalue weighted by molar-refractivity contribution is -0.155. The Kier molecular flexibility index (Phi) is 8.09. The third kappa shape index (κ3) is 5.75. The van der Waals surface area contributed by atoms with Gasteiger partial charge < -0.3 is 14.8 Å². The van der Waals surface area contributed by atoms with Crippen LogP contribution in [0.5, 0.6) is 5.75 Å². The molecular formula is C33H32N2O5S. The van der Waals surface area contributed by atoms with Gasteiger partial charge in [-0.3, -0.25) is 14.5 Å². The highest BCUT2D eigenvalue weighted by molar-refractivity contribution is 8.00. The van der Waals surface area contributed by atoms with Gasteiger partial charge in [-0.25, -0.2) is 4.79 Å². The van der Waals surface area contributed by atoms with Crippen molar-refractivity contribution in [2.24, 2.45) is 5.92 Å². The van der Waals surface area contributed by atoms with Crippen LogP contribution in [0.1, 0.15) is 42.9 Å². The van der Waals surface area contributed by atoms with Crippen LogP contribution in [0, 0.1) is 5.92 Å². The molecule has 2 aliphatic heterocycles. The van der Waals surface area contributed by atoms with Crippen LogP contribution in [-0.4, -0.2) is 46.5 Å². The molecule has 41 heavy (non-hydrogen) atoms. The molecule has 1 saturated heterocycles. The number of thioether (sulfide) groups is 1. The van der Waals surface area contributed by atoms with Gasteiger partial charge in [0.1, 0.15) is 22.9 Å². The van der Waals surface area contributed by atoms with Gasteiger partial charge in [-0.1, -0.05) is 91.7 Å². The minimum absolute atomic E-state index is 0.195. The Balaban J connectivity index is 1.23. The number of esters is 1. The van der Waals surface area contributed by atoms with Crippen LogP contribution in [0.15, 0.2) is 102 Å². The fourth-order valence-corrected chi connectivity index (χ4v) is 7.30. The first kappa shape index (κ1) is 27.1. The lowest BCUT2D eigenvalue weighted by Crippen LogP contribution is -2.71. The lowest BCUT2D eigenvalue weighted by Gasteiger charge is -2.50. The van der Waals surface area contributed by atoms with Gasteiger partial charge in [-0.05, 0) is 47.6 Å². The minimum atomic E-state index is -0.723. The van der Waals surface area contributed by atoms with Crippen LogP contribution in [0.4, 0.5) is 0 Å². The number of carbonyl (C=O) groups is 3. The molecule has 2 fully saturated rings. The molecule has 3 aromatic rings. The summed E-state index contributed by atoms with van der Waals surface area (Å²) in [7, 11) is 0. The number of hydrogen-bond acceptors (Lipinski definition) is 6. The summed E-state index contributed by atoms with van der Waals surface area (Å²) < 4.78 is 11.8. The van der Waals surface area contributed by atoms with Crippen LogP contribution in [0.3, 0.4) is 0 Å². The average molecular weight is 569 g/mol. The Morgan fingerprint density at radius 1 is 0.878 bits per heavy atom. The first-order valence-electron chi connectivity index (χ1n) is 14.1. The summed E-state index contributed by atoms with van der Waals surface area (Å²) in [5.41, 5.74) is 3.05. The number of ether oxygens (including phenoxy) is 2. The van der Waals surface area contributed by atoms with E-state index in [1.165, 1.54) is 0 Å². The van der Waals surface area contributed by atoms with Crippen LogP contribution < -0.4 is 10.1 Å². The summed E-state index contributed by atoms with van der Waals surface area (Å²) in [5.74, 6) is 0.275. The quantitative estimate of drug-likeness (QED) is 0.281. The molecule has 2 atom stereocenters. The van der Waals surface area contributed by atoms with E-state index in [2.05, 4.69) is 5.32 Å². The van der Waals surface area contributed by atoms with E-state index in [1.807, 2.05) is 78.9 Å². The van der Waals surface area contributed by atoms with Crippen LogP contribution in [0.2, 0.25) is 0 Å². The molecule has 3 aromatic carbocycles. The molecule has 1 aliphatic carbocycles. The molecule has 2 amide bonds. The standard InChI is InChI=1S/C33H32N2O5S/c36-27(20-39-25-18-8-3-9-19-25)34-28-31(37)35-29(26(21-41-32(28)35)22-12-10-11-13-22)33(38)40-30(23-14-4-1-5-15-23)24-16-6-2-7-17-24/h1-9,14-19,22,28,30,32H,10-13,20-21H2,(H,34,36)/t28?,32-/m0/s1. The lowest BCUT2D eigenvalue weighted by atomic mass is 9.93. The molecule has 6 rings (SSSR count). The fraction of sp³-hybridized carbons (Fsp3) is 0.303. The van der Waals surface area contributed by atoms with Gasteiger partial charge in [0.2, 0.25) is 0 Å². The van der Waals surface area contributed by atoms with Gasteiger partial charge in [0.05, 0.1) is 0 Å². The van der Waals surface area contributed by atoms with E-state index in [-0.39, 0.29) is 29.7 Å². The predicted molar refractivity (Wildman–Crippen MR) is 157 cm³/mol. The second-order valence-electron chi connectivity index (χ2n) is 10.5. The van der Waals surface area contributed by atoms with Gasteiger partial charge in [0, 0.05) is 5.75 Å². The topological polar surface area (TPSA) is 84.9 Å². The normalized spacial score (nSPS) is 20.4. The highest BCUT2D eigenvalue weighted by atomic mass is 32.2. The molecule has 7 nitrogen and oxygen atoms in total. The summed E-state index contributed by atoms with van der Waals surface area (Å²) >= 11 is 1.59. The van der Waals surface area contributed by atoms with E-state index in [4.69, 9.17) is 9.47 Å². The van der Waals surface area contributed by atoms with Crippen LogP contribution in [0.25, 0.3) is 0 Å². The molecule has 0 spiro atoms. The van der Waals surface area contributed by atoms with Crippen molar-refractivity contribution in [1.29, 1.82) is 0 Å². The maximum absolute atomic E-state index is 14.1. The van der Waals surface area contributed by atoms with Gasteiger partial charge in [-0.15, -0.1) is 11.8 Å². The molecule has 2 heterocycles. The fourth-order valence-electron chi connectivity index (χ4n) is 5.85. The van der Waals surface area contributed by atoms with Crippen molar-refractivity contribution >= 4 is 29.5 Å². The van der Waals surface area contributed by atoms with E-state index in [0.717, 1.165) is 42.4 Å². The Morgan fingerprint density at radius 2 is 1.46 bits per heavy atom. The number of nitrogens with one attached hydrogen (secondary N) is 1. The zero-order valence-corrected chi connectivity index (χ0v) is 23.4. The average Bonchev–Trinajstić information content (AvgIpc) is 3.57. The third-order valence-electron chi connectivity index (χ3n) is 7.90. The maximum atomic E-state index is 14.1. The third-order valence-corrected chi connectivity index (χ3v) is 9.20. The molecule has 1 saturated carbocycles. The maximum Gasteiger partial charge on any atom is 0.356 e. The van der Waals surface area contributed by atoms with Gasteiger partial charge >= 0.3 is 5.97 Å². The molecular weight excluding hydrogens is 536 g/mol. The van der Waals surface area contributed by atoms with Crippen molar-refractivity contribution in [3.63, 3.8) is 0 Å². The first-order valence-corrected chi connectivity index (χ1v) is 15.1. The van der Waals surface area contributed by atoms with Crippen LogP contribution in [-0.2, 0) is 19.1 Å². The predicted octanol–water partition coefficient (Wildman–Crippen LogP) is 5.24. The smallest absolute Gasteiger partial charge is 0.356 e. The number of para-hydroxylation sites is 1. The summed E-state index contributed by atoms with van der Waals surface area (Å²) in [6.45, 7) is -0.195. The van der Waals surface area contributed by atoms with E-state index >= 15 is 0 Å². The number of amides is 2. The first-order chi connectivity index (χ1) is 20.1. The number of benzene rings is 3. The van der Waals surface area contributed by atoms with Crippen molar-refractivity contribution in [2.45, 2.75) is 43.2 Å². The monoisotopic (exact) mass is 568 g/mol. The second kappa shape index (κ2) is 12.2. The van der Waals surface area contributed by atoms with Crippen LogP contribution >= 0.6 is 11.8 Å². The second-order valence-corrected chi connectivity index (χ2v) is 11.6. The van der Waals surface area contributed by atoms with Crippen molar-refractivity contribution in [3.05, 3.63) is 113 Å². The molecule has 1 unspecified atom stereocenters. The van der Waals surface area contributed by atoms with Gasteiger partial charge in [0.15, 0.2) is 12.7 Å². The van der Waals surface area contributed by atoms with Crippen molar-refractivity contribution in [1.82, 2.24) is 10.2 Å². The molecule has 0 bridgehead atoms. The van der Waals surface area contributed by atoms with Gasteiger partial charge in [-0.2, -0.15) is 0 Å².